The molecule has 2 saturated heterocycles. The van der Waals surface area contributed by atoms with E-state index in [1.54, 1.807) is 12.1 Å². The van der Waals surface area contributed by atoms with Crippen LogP contribution in [-0.4, -0.2) is 23.9 Å². The van der Waals surface area contributed by atoms with Gasteiger partial charge in [0.05, 0.1) is 0 Å². The van der Waals surface area contributed by atoms with E-state index in [9.17, 15) is 9.59 Å². The van der Waals surface area contributed by atoms with E-state index in [4.69, 9.17) is 0 Å². The summed E-state index contributed by atoms with van der Waals surface area (Å²) in [5.41, 5.74) is 2.95. The molecule has 2 heterocycles. The van der Waals surface area contributed by atoms with Gasteiger partial charge in [-0.1, -0.05) is 24.3 Å². The molecular weight excluding hydrogens is 386 g/mol. The summed E-state index contributed by atoms with van der Waals surface area (Å²) in [7, 11) is 0. The summed E-state index contributed by atoms with van der Waals surface area (Å²) in [6.07, 6.45) is 5.23. The highest BCUT2D eigenvalue weighted by Gasteiger charge is 2.34. The van der Waals surface area contributed by atoms with Crippen LogP contribution in [0.25, 0.3) is 0 Å². The fraction of sp³-hybridized carbons (Fsp3) is 0.391. The number of fused-ring (bicyclic) bond motifs is 2. The summed E-state index contributed by atoms with van der Waals surface area (Å²) in [5.74, 6) is 0.360. The van der Waals surface area contributed by atoms with Gasteiger partial charge in [-0.05, 0) is 68.4 Å². The molecule has 5 nitrogen and oxygen atoms in total. The van der Waals surface area contributed by atoms with Gasteiger partial charge in [0.25, 0.3) is 5.91 Å². The molecule has 3 N–H and O–H groups in total. The Balaban J connectivity index is 0.00000240. The standard InChI is InChI=1S/C23H27N3O2.ClH/c1-15-20(25-22(27)14-16-12-18-10-11-19(13-16)24-18)8-5-9-21(15)26-23(28)17-6-3-2-4-7-17;/h2-9,16,18-19,24H,10-14H2,1H3,(H,25,27)(H,26,28);1H. The predicted molar refractivity (Wildman–Crippen MR) is 119 cm³/mol. The van der Waals surface area contributed by atoms with Gasteiger partial charge in [0.1, 0.15) is 0 Å². The van der Waals surface area contributed by atoms with Crippen LogP contribution >= 0.6 is 12.4 Å². The molecule has 2 amide bonds. The summed E-state index contributed by atoms with van der Waals surface area (Å²) < 4.78 is 0. The van der Waals surface area contributed by atoms with Crippen LogP contribution in [-0.2, 0) is 4.79 Å². The fourth-order valence-electron chi connectivity index (χ4n) is 4.50. The van der Waals surface area contributed by atoms with E-state index in [1.165, 1.54) is 12.8 Å². The topological polar surface area (TPSA) is 70.2 Å². The second-order valence-electron chi connectivity index (χ2n) is 8.03. The molecule has 2 fully saturated rings. The fourth-order valence-corrected chi connectivity index (χ4v) is 4.50. The number of carbonyl (C=O) groups is 2. The third-order valence-corrected chi connectivity index (χ3v) is 5.94. The first kappa shape index (κ1) is 21.3. The van der Waals surface area contributed by atoms with Crippen molar-refractivity contribution in [2.24, 2.45) is 5.92 Å². The van der Waals surface area contributed by atoms with Crippen molar-refractivity contribution < 1.29 is 9.59 Å². The molecule has 0 saturated carbocycles. The highest BCUT2D eigenvalue weighted by atomic mass is 35.5. The Morgan fingerprint density at radius 3 is 2.21 bits per heavy atom. The number of piperidine rings is 1. The quantitative estimate of drug-likeness (QED) is 0.674. The van der Waals surface area contributed by atoms with Gasteiger partial charge in [0.2, 0.25) is 5.91 Å². The number of benzene rings is 2. The zero-order valence-electron chi connectivity index (χ0n) is 16.6. The first-order valence-corrected chi connectivity index (χ1v) is 10.1. The molecule has 0 aromatic heterocycles. The lowest BCUT2D eigenvalue weighted by Gasteiger charge is -2.28. The van der Waals surface area contributed by atoms with Crippen LogP contribution in [0.4, 0.5) is 11.4 Å². The summed E-state index contributed by atoms with van der Waals surface area (Å²) in [5, 5.41) is 9.61. The number of amides is 2. The monoisotopic (exact) mass is 413 g/mol. The lowest BCUT2D eigenvalue weighted by molar-refractivity contribution is -0.117. The van der Waals surface area contributed by atoms with Gasteiger partial charge in [-0.15, -0.1) is 12.4 Å². The summed E-state index contributed by atoms with van der Waals surface area (Å²) >= 11 is 0. The van der Waals surface area contributed by atoms with Crippen molar-refractivity contribution in [2.75, 3.05) is 10.6 Å². The first-order valence-electron chi connectivity index (χ1n) is 10.1. The number of rotatable bonds is 5. The molecule has 0 spiro atoms. The Kier molecular flexibility index (Phi) is 6.93. The van der Waals surface area contributed by atoms with Crippen molar-refractivity contribution >= 4 is 35.6 Å². The van der Waals surface area contributed by atoms with Crippen LogP contribution in [0.2, 0.25) is 0 Å². The molecule has 2 aliphatic rings. The van der Waals surface area contributed by atoms with E-state index >= 15 is 0 Å². The summed E-state index contributed by atoms with van der Waals surface area (Å²) in [4.78, 5) is 25.0. The lowest BCUT2D eigenvalue weighted by atomic mass is 9.89. The van der Waals surface area contributed by atoms with Crippen LogP contribution in [0.15, 0.2) is 48.5 Å². The van der Waals surface area contributed by atoms with Crippen LogP contribution in [0.1, 0.15) is 48.0 Å². The third kappa shape index (κ3) is 5.17. The zero-order chi connectivity index (χ0) is 19.5. The lowest BCUT2D eigenvalue weighted by Crippen LogP contribution is -2.39. The van der Waals surface area contributed by atoms with E-state index in [1.807, 2.05) is 43.3 Å². The van der Waals surface area contributed by atoms with Gasteiger partial charge in [-0.25, -0.2) is 0 Å². The maximum atomic E-state index is 12.6. The number of nitrogens with one attached hydrogen (secondary N) is 3. The molecular formula is C23H28ClN3O2. The van der Waals surface area contributed by atoms with Gasteiger partial charge in [-0.3, -0.25) is 9.59 Å². The molecule has 6 heteroatoms. The average molecular weight is 414 g/mol. The SMILES string of the molecule is Cc1c(NC(=O)CC2CC3CCC(C2)N3)cccc1NC(=O)c1ccccc1.Cl. The molecule has 2 aromatic carbocycles. The average Bonchev–Trinajstić information content (AvgIpc) is 3.03. The molecule has 29 heavy (non-hydrogen) atoms. The Morgan fingerprint density at radius 2 is 1.55 bits per heavy atom. The highest BCUT2D eigenvalue weighted by Crippen LogP contribution is 2.33. The van der Waals surface area contributed by atoms with E-state index in [0.29, 0.717) is 35.7 Å². The van der Waals surface area contributed by atoms with Crippen molar-refractivity contribution in [1.29, 1.82) is 0 Å². The van der Waals surface area contributed by atoms with Crippen molar-refractivity contribution in [3.05, 3.63) is 59.7 Å². The van der Waals surface area contributed by atoms with Crippen molar-refractivity contribution in [3.8, 4) is 0 Å². The second kappa shape index (κ2) is 9.42. The smallest absolute Gasteiger partial charge is 0.255 e. The number of hydrogen-bond donors (Lipinski definition) is 3. The van der Waals surface area contributed by atoms with Crippen molar-refractivity contribution in [1.82, 2.24) is 5.32 Å². The van der Waals surface area contributed by atoms with Crippen LogP contribution in [0.5, 0.6) is 0 Å². The van der Waals surface area contributed by atoms with Crippen LogP contribution < -0.4 is 16.0 Å². The van der Waals surface area contributed by atoms with Gasteiger partial charge >= 0.3 is 0 Å². The maximum absolute atomic E-state index is 12.6. The van der Waals surface area contributed by atoms with Gasteiger partial charge in [0, 0.05) is 35.4 Å². The maximum Gasteiger partial charge on any atom is 0.255 e. The van der Waals surface area contributed by atoms with E-state index in [0.717, 1.165) is 24.1 Å². The number of carbonyl (C=O) groups excluding carboxylic acids is 2. The van der Waals surface area contributed by atoms with E-state index in [2.05, 4.69) is 16.0 Å². The number of halogens is 1. The molecule has 2 aromatic rings. The molecule has 4 rings (SSSR count). The van der Waals surface area contributed by atoms with E-state index in [-0.39, 0.29) is 24.2 Å². The van der Waals surface area contributed by atoms with Crippen molar-refractivity contribution in [2.45, 2.75) is 51.1 Å². The number of hydrogen-bond acceptors (Lipinski definition) is 3. The highest BCUT2D eigenvalue weighted by molar-refractivity contribution is 6.05. The zero-order valence-corrected chi connectivity index (χ0v) is 17.4. The molecule has 154 valence electrons. The minimum atomic E-state index is -0.155. The molecule has 2 unspecified atom stereocenters. The number of anilines is 2. The largest absolute Gasteiger partial charge is 0.326 e. The van der Waals surface area contributed by atoms with Crippen molar-refractivity contribution in [3.63, 3.8) is 0 Å². The Morgan fingerprint density at radius 1 is 0.931 bits per heavy atom. The summed E-state index contributed by atoms with van der Waals surface area (Å²) in [6, 6.07) is 15.9. The molecule has 2 atom stereocenters. The van der Waals surface area contributed by atoms with Crippen LogP contribution in [0, 0.1) is 12.8 Å². The molecule has 2 bridgehead atoms. The first-order chi connectivity index (χ1) is 13.6. The van der Waals surface area contributed by atoms with Gasteiger partial charge in [0.15, 0.2) is 0 Å². The predicted octanol–water partition coefficient (Wildman–Crippen LogP) is 4.53. The second-order valence-corrected chi connectivity index (χ2v) is 8.03. The molecule has 0 aliphatic carbocycles. The third-order valence-electron chi connectivity index (χ3n) is 5.94. The van der Waals surface area contributed by atoms with E-state index < -0.39 is 0 Å². The Labute approximate surface area is 178 Å². The summed E-state index contributed by atoms with van der Waals surface area (Å²) in [6.45, 7) is 1.92. The molecule has 0 radical (unpaired) electrons. The Bertz CT molecular complexity index is 860. The van der Waals surface area contributed by atoms with Crippen LogP contribution in [0.3, 0.4) is 0 Å². The normalized spacial score (nSPS) is 22.4. The Hall–Kier alpha value is -2.37. The van der Waals surface area contributed by atoms with Gasteiger partial charge in [-0.2, -0.15) is 0 Å². The minimum absolute atomic E-state index is 0. The molecule has 2 aliphatic heterocycles. The minimum Gasteiger partial charge on any atom is -0.326 e. The van der Waals surface area contributed by atoms with Gasteiger partial charge < -0.3 is 16.0 Å².